The summed E-state index contributed by atoms with van der Waals surface area (Å²) in [5, 5.41) is 18.6. The molecule has 3 nitrogen and oxygen atoms in total. The molecule has 19 heavy (non-hydrogen) atoms. The van der Waals surface area contributed by atoms with Crippen molar-refractivity contribution < 1.29 is 9.90 Å². The fourth-order valence-electron chi connectivity index (χ4n) is 1.86. The highest BCUT2D eigenvalue weighted by Crippen LogP contribution is 2.28. The monoisotopic (exact) mass is 271 g/mol. The van der Waals surface area contributed by atoms with Crippen molar-refractivity contribution in [2.24, 2.45) is 0 Å². The first-order valence-corrected chi connectivity index (χ1v) is 5.94. The summed E-state index contributed by atoms with van der Waals surface area (Å²) in [6.07, 6.45) is 0. The zero-order chi connectivity index (χ0) is 14.0. The summed E-state index contributed by atoms with van der Waals surface area (Å²) in [4.78, 5) is 11.2. The van der Waals surface area contributed by atoms with Gasteiger partial charge < -0.3 is 5.11 Å². The molecule has 0 bridgehead atoms. The van der Waals surface area contributed by atoms with E-state index in [0.717, 1.165) is 5.56 Å². The van der Waals surface area contributed by atoms with Crippen LogP contribution in [0.4, 0.5) is 0 Å². The Balaban J connectivity index is 2.66. The number of hydrogen-bond donors (Lipinski definition) is 1. The smallest absolute Gasteiger partial charge is 0.336 e. The molecule has 1 N–H and O–H groups in total. The normalized spacial score (nSPS) is 9.95. The maximum absolute atomic E-state index is 11.2. The number of carbonyl (C=O) groups is 1. The zero-order valence-electron chi connectivity index (χ0n) is 10.1. The van der Waals surface area contributed by atoms with Crippen LogP contribution in [0.15, 0.2) is 36.4 Å². The minimum atomic E-state index is -1.04. The predicted molar refractivity (Wildman–Crippen MR) is 73.3 cm³/mol. The molecule has 0 unspecified atom stereocenters. The lowest BCUT2D eigenvalue weighted by atomic mass is 9.96. The third kappa shape index (κ3) is 2.59. The summed E-state index contributed by atoms with van der Waals surface area (Å²) >= 11 is 5.82. The molecule has 2 rings (SSSR count). The molecule has 0 fully saturated rings. The van der Waals surface area contributed by atoms with Crippen LogP contribution in [-0.4, -0.2) is 11.1 Å². The second-order valence-electron chi connectivity index (χ2n) is 4.14. The first-order chi connectivity index (χ1) is 9.02. The lowest BCUT2D eigenvalue weighted by Crippen LogP contribution is -1.99. The van der Waals surface area contributed by atoms with Crippen LogP contribution in [0.5, 0.6) is 0 Å². The highest BCUT2D eigenvalue weighted by molar-refractivity contribution is 6.31. The summed E-state index contributed by atoms with van der Waals surface area (Å²) in [7, 11) is 0. The summed E-state index contributed by atoms with van der Waals surface area (Å²) in [5.41, 5.74) is 2.76. The molecule has 94 valence electrons. The number of hydrogen-bond acceptors (Lipinski definition) is 2. The number of carboxylic acid groups (broad SMARTS) is 1. The molecule has 2 aromatic rings. The Morgan fingerprint density at radius 3 is 2.63 bits per heavy atom. The summed E-state index contributed by atoms with van der Waals surface area (Å²) in [6.45, 7) is 1.84. The van der Waals surface area contributed by atoms with Gasteiger partial charge in [-0.05, 0) is 41.8 Å². The van der Waals surface area contributed by atoms with Crippen LogP contribution in [0.3, 0.4) is 0 Å². The second-order valence-corrected chi connectivity index (χ2v) is 4.57. The molecule has 2 aromatic carbocycles. The van der Waals surface area contributed by atoms with Gasteiger partial charge in [-0.3, -0.25) is 0 Å². The van der Waals surface area contributed by atoms with Gasteiger partial charge in [0.1, 0.15) is 0 Å². The van der Waals surface area contributed by atoms with E-state index in [2.05, 4.69) is 6.07 Å². The molecular formula is C15H10ClNO2. The molecule has 0 atom stereocenters. The lowest BCUT2D eigenvalue weighted by Gasteiger charge is -2.08. The van der Waals surface area contributed by atoms with Crippen LogP contribution in [0, 0.1) is 18.3 Å². The Hall–Kier alpha value is -2.31. The molecule has 0 spiro atoms. The number of carboxylic acids is 1. The maximum atomic E-state index is 11.2. The zero-order valence-corrected chi connectivity index (χ0v) is 10.9. The molecule has 0 saturated heterocycles. The first kappa shape index (κ1) is 13.1. The van der Waals surface area contributed by atoms with Gasteiger partial charge in [-0.25, -0.2) is 4.79 Å². The largest absolute Gasteiger partial charge is 0.478 e. The third-order valence-corrected chi connectivity index (χ3v) is 3.12. The molecule has 0 aliphatic carbocycles. The number of halogens is 1. The molecule has 4 heteroatoms. The van der Waals surface area contributed by atoms with Crippen molar-refractivity contribution in [3.63, 3.8) is 0 Å². The minimum absolute atomic E-state index is 0.125. The van der Waals surface area contributed by atoms with Crippen LogP contribution in [-0.2, 0) is 0 Å². The minimum Gasteiger partial charge on any atom is -0.478 e. The molecule has 0 radical (unpaired) electrons. The number of aryl methyl sites for hydroxylation is 1. The maximum Gasteiger partial charge on any atom is 0.336 e. The number of aromatic carboxylic acids is 1. The number of benzene rings is 2. The van der Waals surface area contributed by atoms with Gasteiger partial charge in [-0.1, -0.05) is 29.8 Å². The van der Waals surface area contributed by atoms with E-state index >= 15 is 0 Å². The highest BCUT2D eigenvalue weighted by atomic mass is 35.5. The number of nitrogens with zero attached hydrogens (tertiary/aromatic N) is 1. The Labute approximate surface area is 115 Å². The quantitative estimate of drug-likeness (QED) is 0.901. The van der Waals surface area contributed by atoms with Gasteiger partial charge in [0.2, 0.25) is 0 Å². The van der Waals surface area contributed by atoms with Gasteiger partial charge in [0.05, 0.1) is 17.2 Å². The fraction of sp³-hybridized carbons (Fsp3) is 0.0667. The molecular weight excluding hydrogens is 262 g/mol. The molecule has 0 aliphatic heterocycles. The van der Waals surface area contributed by atoms with Crippen molar-refractivity contribution in [1.29, 1.82) is 5.26 Å². The standard InChI is InChI=1S/C15H10ClNO2/c1-9-2-3-10(6-11(9)8-17)13-5-4-12(16)7-14(13)15(18)19/h2-7H,1H3,(H,18,19). The number of rotatable bonds is 2. The average Bonchev–Trinajstić information content (AvgIpc) is 2.39. The van der Waals surface area contributed by atoms with E-state index in [4.69, 9.17) is 16.9 Å². The van der Waals surface area contributed by atoms with Crippen molar-refractivity contribution in [3.05, 3.63) is 58.1 Å². The van der Waals surface area contributed by atoms with Crippen LogP contribution in [0.2, 0.25) is 5.02 Å². The first-order valence-electron chi connectivity index (χ1n) is 5.57. The van der Waals surface area contributed by atoms with Crippen LogP contribution >= 0.6 is 11.6 Å². The third-order valence-electron chi connectivity index (χ3n) is 2.88. The fourth-order valence-corrected chi connectivity index (χ4v) is 2.03. The molecule has 0 aromatic heterocycles. The van der Waals surface area contributed by atoms with E-state index in [-0.39, 0.29) is 5.56 Å². The van der Waals surface area contributed by atoms with Crippen LogP contribution in [0.25, 0.3) is 11.1 Å². The average molecular weight is 272 g/mol. The molecule has 0 aliphatic rings. The van der Waals surface area contributed by atoms with E-state index in [1.54, 1.807) is 30.3 Å². The Morgan fingerprint density at radius 1 is 1.26 bits per heavy atom. The van der Waals surface area contributed by atoms with E-state index in [1.165, 1.54) is 6.07 Å². The van der Waals surface area contributed by atoms with E-state index in [1.807, 2.05) is 6.92 Å². The van der Waals surface area contributed by atoms with E-state index < -0.39 is 5.97 Å². The van der Waals surface area contributed by atoms with Crippen molar-refractivity contribution >= 4 is 17.6 Å². The van der Waals surface area contributed by atoms with Gasteiger partial charge in [-0.15, -0.1) is 0 Å². The van der Waals surface area contributed by atoms with Gasteiger partial charge in [0.25, 0.3) is 0 Å². The molecule has 0 amide bonds. The second kappa shape index (κ2) is 5.13. The van der Waals surface area contributed by atoms with Crippen molar-refractivity contribution in [3.8, 4) is 17.2 Å². The Morgan fingerprint density at radius 2 is 2.00 bits per heavy atom. The van der Waals surface area contributed by atoms with Gasteiger partial charge >= 0.3 is 5.97 Å². The van der Waals surface area contributed by atoms with Gasteiger partial charge in [-0.2, -0.15) is 5.26 Å². The van der Waals surface area contributed by atoms with E-state index in [9.17, 15) is 9.90 Å². The molecule has 0 heterocycles. The van der Waals surface area contributed by atoms with Crippen molar-refractivity contribution in [1.82, 2.24) is 0 Å². The Kier molecular flexibility index (Phi) is 3.55. The number of nitriles is 1. The summed E-state index contributed by atoms with van der Waals surface area (Å²) in [6, 6.07) is 12.1. The topological polar surface area (TPSA) is 61.1 Å². The van der Waals surface area contributed by atoms with E-state index in [0.29, 0.717) is 21.7 Å². The lowest BCUT2D eigenvalue weighted by molar-refractivity contribution is 0.0697. The van der Waals surface area contributed by atoms with Gasteiger partial charge in [0.15, 0.2) is 0 Å². The Bertz CT molecular complexity index is 702. The predicted octanol–water partition coefficient (Wildman–Crippen LogP) is 3.89. The molecule has 0 saturated carbocycles. The van der Waals surface area contributed by atoms with Crippen molar-refractivity contribution in [2.75, 3.05) is 0 Å². The van der Waals surface area contributed by atoms with Crippen LogP contribution in [0.1, 0.15) is 21.5 Å². The van der Waals surface area contributed by atoms with Crippen LogP contribution < -0.4 is 0 Å². The van der Waals surface area contributed by atoms with Crippen molar-refractivity contribution in [2.45, 2.75) is 6.92 Å². The summed E-state index contributed by atoms with van der Waals surface area (Å²) in [5.74, 6) is -1.04. The van der Waals surface area contributed by atoms with Gasteiger partial charge in [0, 0.05) is 5.02 Å². The highest BCUT2D eigenvalue weighted by Gasteiger charge is 2.13. The SMILES string of the molecule is Cc1ccc(-c2ccc(Cl)cc2C(=O)O)cc1C#N. The summed E-state index contributed by atoms with van der Waals surface area (Å²) < 4.78 is 0.